The van der Waals surface area contributed by atoms with Crippen LogP contribution in [-0.4, -0.2) is 17.1 Å². The molecule has 1 aromatic heterocycles. The maximum absolute atomic E-state index is 12.6. The molecule has 0 amide bonds. The largest absolute Gasteiger partial charge is 0.497 e. The van der Waals surface area contributed by atoms with Gasteiger partial charge in [-0.2, -0.15) is 18.2 Å². The maximum Gasteiger partial charge on any atom is 0.433 e. The van der Waals surface area contributed by atoms with Gasteiger partial charge in [0.1, 0.15) is 11.6 Å². The van der Waals surface area contributed by atoms with Crippen LogP contribution >= 0.6 is 0 Å². The molecule has 2 rings (SSSR count). The van der Waals surface area contributed by atoms with Crippen molar-refractivity contribution < 1.29 is 17.9 Å². The molecule has 0 bridgehead atoms. The van der Waals surface area contributed by atoms with Crippen molar-refractivity contribution in [3.05, 3.63) is 41.6 Å². The second-order valence-corrected chi connectivity index (χ2v) is 4.20. The molecule has 21 heavy (non-hydrogen) atoms. The predicted molar refractivity (Wildman–Crippen MR) is 71.8 cm³/mol. The molecule has 3 N–H and O–H groups in total. The van der Waals surface area contributed by atoms with Gasteiger partial charge in [-0.1, -0.05) is 12.1 Å². The SMILES string of the molecule is COc1ccc(CNc2cc(C(F)(F)F)nc(N)n2)cc1. The van der Waals surface area contributed by atoms with Gasteiger partial charge in [0.2, 0.25) is 5.95 Å². The Morgan fingerprint density at radius 1 is 1.19 bits per heavy atom. The Morgan fingerprint density at radius 2 is 1.86 bits per heavy atom. The average molecular weight is 298 g/mol. The van der Waals surface area contributed by atoms with Crippen molar-refractivity contribution in [3.63, 3.8) is 0 Å². The molecular weight excluding hydrogens is 285 g/mol. The quantitative estimate of drug-likeness (QED) is 0.908. The van der Waals surface area contributed by atoms with Crippen LogP contribution in [0.1, 0.15) is 11.3 Å². The third-order valence-corrected chi connectivity index (χ3v) is 2.67. The van der Waals surface area contributed by atoms with Crippen LogP contribution in [0.2, 0.25) is 0 Å². The fraction of sp³-hybridized carbons (Fsp3) is 0.231. The number of nitrogen functional groups attached to an aromatic ring is 1. The third kappa shape index (κ3) is 3.98. The molecule has 0 fully saturated rings. The highest BCUT2D eigenvalue weighted by Crippen LogP contribution is 2.29. The van der Waals surface area contributed by atoms with Gasteiger partial charge in [-0.3, -0.25) is 0 Å². The fourth-order valence-corrected chi connectivity index (χ4v) is 1.64. The van der Waals surface area contributed by atoms with Crippen molar-refractivity contribution in [3.8, 4) is 5.75 Å². The number of halogens is 3. The zero-order valence-corrected chi connectivity index (χ0v) is 11.1. The Kier molecular flexibility index (Phi) is 4.15. The van der Waals surface area contributed by atoms with Crippen LogP contribution in [0.5, 0.6) is 5.75 Å². The zero-order chi connectivity index (χ0) is 15.5. The van der Waals surface area contributed by atoms with Gasteiger partial charge >= 0.3 is 6.18 Å². The van der Waals surface area contributed by atoms with E-state index in [4.69, 9.17) is 10.5 Å². The van der Waals surface area contributed by atoms with Crippen LogP contribution in [0, 0.1) is 0 Å². The average Bonchev–Trinajstić information content (AvgIpc) is 2.44. The first kappa shape index (κ1) is 14.9. The van der Waals surface area contributed by atoms with E-state index in [-0.39, 0.29) is 5.82 Å². The molecule has 112 valence electrons. The summed E-state index contributed by atoms with van der Waals surface area (Å²) in [6.07, 6.45) is -4.56. The van der Waals surface area contributed by atoms with Gasteiger partial charge in [0.25, 0.3) is 0 Å². The van der Waals surface area contributed by atoms with Crippen LogP contribution in [-0.2, 0) is 12.7 Å². The van der Waals surface area contributed by atoms with Gasteiger partial charge in [0, 0.05) is 12.6 Å². The first-order valence-electron chi connectivity index (χ1n) is 5.97. The standard InChI is InChI=1S/C13H13F3N4O/c1-21-9-4-2-8(3-5-9)7-18-11-6-10(13(14,15)16)19-12(17)20-11/h2-6H,7H2,1H3,(H3,17,18,19,20). The summed E-state index contributed by atoms with van der Waals surface area (Å²) >= 11 is 0. The van der Waals surface area contributed by atoms with Gasteiger partial charge in [0.15, 0.2) is 5.69 Å². The van der Waals surface area contributed by atoms with E-state index < -0.39 is 17.8 Å². The summed E-state index contributed by atoms with van der Waals surface area (Å²) in [7, 11) is 1.55. The zero-order valence-electron chi connectivity index (χ0n) is 11.1. The number of nitrogens with zero attached hydrogens (tertiary/aromatic N) is 2. The summed E-state index contributed by atoms with van der Waals surface area (Å²) in [6, 6.07) is 7.92. The number of methoxy groups -OCH3 is 1. The van der Waals surface area contributed by atoms with E-state index in [1.165, 1.54) is 0 Å². The van der Waals surface area contributed by atoms with Crippen molar-refractivity contribution in [2.45, 2.75) is 12.7 Å². The molecule has 5 nitrogen and oxygen atoms in total. The summed E-state index contributed by atoms with van der Waals surface area (Å²) in [5.74, 6) is 0.289. The number of nitrogens with two attached hydrogens (primary N) is 1. The van der Waals surface area contributed by atoms with E-state index in [9.17, 15) is 13.2 Å². The van der Waals surface area contributed by atoms with E-state index in [2.05, 4.69) is 15.3 Å². The Hall–Kier alpha value is -2.51. The predicted octanol–water partition coefficient (Wildman–Crippen LogP) is 2.70. The Morgan fingerprint density at radius 3 is 2.43 bits per heavy atom. The minimum absolute atomic E-state index is 0.0191. The molecule has 1 heterocycles. The number of hydrogen-bond acceptors (Lipinski definition) is 5. The molecule has 0 atom stereocenters. The molecule has 2 aromatic rings. The second kappa shape index (κ2) is 5.86. The third-order valence-electron chi connectivity index (χ3n) is 2.67. The van der Waals surface area contributed by atoms with E-state index >= 15 is 0 Å². The number of hydrogen-bond donors (Lipinski definition) is 2. The number of benzene rings is 1. The van der Waals surface area contributed by atoms with E-state index in [1.807, 2.05) is 0 Å². The summed E-state index contributed by atoms with van der Waals surface area (Å²) < 4.78 is 42.8. The van der Waals surface area contributed by atoms with Crippen molar-refractivity contribution in [1.82, 2.24) is 9.97 Å². The minimum atomic E-state index is -4.56. The topological polar surface area (TPSA) is 73.1 Å². The molecular formula is C13H13F3N4O. The lowest BCUT2D eigenvalue weighted by Gasteiger charge is -2.10. The lowest BCUT2D eigenvalue weighted by Crippen LogP contribution is -2.13. The normalized spacial score (nSPS) is 11.2. The molecule has 1 aromatic carbocycles. The van der Waals surface area contributed by atoms with Crippen molar-refractivity contribution in [2.24, 2.45) is 0 Å². The lowest BCUT2D eigenvalue weighted by molar-refractivity contribution is -0.141. The number of anilines is 2. The molecule has 0 aliphatic carbocycles. The van der Waals surface area contributed by atoms with Crippen LogP contribution in [0.3, 0.4) is 0 Å². The number of ether oxygens (including phenoxy) is 1. The smallest absolute Gasteiger partial charge is 0.433 e. The van der Waals surface area contributed by atoms with Crippen LogP contribution in [0.4, 0.5) is 24.9 Å². The maximum atomic E-state index is 12.6. The van der Waals surface area contributed by atoms with E-state index in [0.29, 0.717) is 12.3 Å². The number of rotatable bonds is 4. The second-order valence-electron chi connectivity index (χ2n) is 4.20. The first-order chi connectivity index (χ1) is 9.88. The molecule has 0 unspecified atom stereocenters. The number of nitrogens with one attached hydrogen (secondary N) is 1. The molecule has 0 aliphatic heterocycles. The fourth-order valence-electron chi connectivity index (χ4n) is 1.64. The molecule has 8 heteroatoms. The summed E-state index contributed by atoms with van der Waals surface area (Å²) in [5.41, 5.74) is 5.07. The van der Waals surface area contributed by atoms with Gasteiger partial charge in [-0.15, -0.1) is 0 Å². The van der Waals surface area contributed by atoms with Crippen LogP contribution in [0.15, 0.2) is 30.3 Å². The highest BCUT2D eigenvalue weighted by Gasteiger charge is 2.33. The molecule has 0 spiro atoms. The minimum Gasteiger partial charge on any atom is -0.497 e. The summed E-state index contributed by atoms with van der Waals surface area (Å²) in [4.78, 5) is 6.89. The molecule has 0 saturated carbocycles. The van der Waals surface area contributed by atoms with Crippen LogP contribution in [0.25, 0.3) is 0 Å². The van der Waals surface area contributed by atoms with Gasteiger partial charge < -0.3 is 15.8 Å². The number of aromatic nitrogens is 2. The van der Waals surface area contributed by atoms with E-state index in [0.717, 1.165) is 11.6 Å². The summed E-state index contributed by atoms with van der Waals surface area (Å²) in [5, 5.41) is 2.78. The Bertz CT molecular complexity index is 614. The molecule has 0 radical (unpaired) electrons. The Balaban J connectivity index is 2.10. The van der Waals surface area contributed by atoms with Gasteiger partial charge in [0.05, 0.1) is 7.11 Å². The highest BCUT2D eigenvalue weighted by molar-refractivity contribution is 5.42. The highest BCUT2D eigenvalue weighted by atomic mass is 19.4. The summed E-state index contributed by atoms with van der Waals surface area (Å²) in [6.45, 7) is 0.303. The molecule has 0 saturated heterocycles. The lowest BCUT2D eigenvalue weighted by atomic mass is 10.2. The monoisotopic (exact) mass is 298 g/mol. The van der Waals surface area contributed by atoms with Gasteiger partial charge in [-0.05, 0) is 17.7 Å². The molecule has 0 aliphatic rings. The van der Waals surface area contributed by atoms with Crippen LogP contribution < -0.4 is 15.8 Å². The van der Waals surface area contributed by atoms with Crippen molar-refractivity contribution in [2.75, 3.05) is 18.2 Å². The van der Waals surface area contributed by atoms with Crippen molar-refractivity contribution >= 4 is 11.8 Å². The number of alkyl halides is 3. The van der Waals surface area contributed by atoms with Crippen molar-refractivity contribution in [1.29, 1.82) is 0 Å². The first-order valence-corrected chi connectivity index (χ1v) is 5.97. The van der Waals surface area contributed by atoms with Gasteiger partial charge in [-0.25, -0.2) is 4.98 Å². The van der Waals surface area contributed by atoms with E-state index in [1.54, 1.807) is 31.4 Å². The Labute approximate surface area is 119 Å².